The fraction of sp³-hybridized carbons (Fsp3) is 0.440. The molecule has 0 amide bonds. The van der Waals surface area contributed by atoms with Crippen molar-refractivity contribution >= 4 is 10.9 Å². The van der Waals surface area contributed by atoms with Crippen LogP contribution < -0.4 is 0 Å². The maximum Gasteiger partial charge on any atom is 0.0486 e. The van der Waals surface area contributed by atoms with Crippen LogP contribution in [0.25, 0.3) is 10.9 Å². The van der Waals surface area contributed by atoms with Crippen molar-refractivity contribution < 1.29 is 0 Å². The van der Waals surface area contributed by atoms with Crippen LogP contribution in [0.3, 0.4) is 0 Å². The molecular weight excluding hydrogens is 328 g/mol. The van der Waals surface area contributed by atoms with Crippen molar-refractivity contribution in [2.24, 2.45) is 0 Å². The number of hydrogen-bond donors (Lipinski definition) is 0. The van der Waals surface area contributed by atoms with Gasteiger partial charge in [-0.05, 0) is 69.8 Å². The summed E-state index contributed by atoms with van der Waals surface area (Å²) in [5.74, 6) is 0. The highest BCUT2D eigenvalue weighted by molar-refractivity contribution is 5.87. The predicted octanol–water partition coefficient (Wildman–Crippen LogP) is 5.58. The summed E-state index contributed by atoms with van der Waals surface area (Å²) in [5.41, 5.74) is 8.91. The second-order valence-electron chi connectivity index (χ2n) is 8.74. The fourth-order valence-corrected chi connectivity index (χ4v) is 5.42. The van der Waals surface area contributed by atoms with E-state index < -0.39 is 0 Å². The van der Waals surface area contributed by atoms with Crippen molar-refractivity contribution in [3.8, 4) is 0 Å². The average Bonchev–Trinajstić information content (AvgIpc) is 3.07. The monoisotopic (exact) mass is 358 g/mol. The molecule has 0 aliphatic carbocycles. The van der Waals surface area contributed by atoms with Gasteiger partial charge in [0.15, 0.2) is 0 Å². The van der Waals surface area contributed by atoms with Crippen LogP contribution in [0.15, 0.2) is 42.5 Å². The number of likely N-dealkylation sites (N-methyl/N-ethyl adjacent to an activating group) is 1. The molecule has 3 aromatic rings. The number of aromatic nitrogens is 1. The zero-order valence-electron chi connectivity index (χ0n) is 16.8. The Kier molecular flexibility index (Phi) is 4.12. The number of nitrogens with zero attached hydrogens (tertiary/aromatic N) is 2. The lowest BCUT2D eigenvalue weighted by atomic mass is 9.97. The molecule has 140 valence electrons. The molecule has 1 saturated heterocycles. The van der Waals surface area contributed by atoms with E-state index >= 15 is 0 Å². The lowest BCUT2D eigenvalue weighted by molar-refractivity contribution is 0.222. The van der Waals surface area contributed by atoms with Gasteiger partial charge in [-0.25, -0.2) is 0 Å². The van der Waals surface area contributed by atoms with Gasteiger partial charge < -0.3 is 4.57 Å². The van der Waals surface area contributed by atoms with Gasteiger partial charge in [-0.1, -0.05) is 41.5 Å². The standard InChI is InChI=1S/C25H30N2/c1-17-6-9-19(10-7-17)5-4-14-27-22-12-8-18(2)15-21(22)25-23-13-11-20(26(23)3)16-24(25)27/h6-10,12,15,20,23H,4-5,11,13-14,16H2,1-3H3. The molecular formula is C25H30N2. The van der Waals surface area contributed by atoms with Crippen molar-refractivity contribution in [1.29, 1.82) is 0 Å². The molecule has 2 unspecified atom stereocenters. The number of hydrogen-bond acceptors (Lipinski definition) is 1. The molecule has 2 aromatic carbocycles. The van der Waals surface area contributed by atoms with E-state index in [4.69, 9.17) is 0 Å². The van der Waals surface area contributed by atoms with E-state index in [9.17, 15) is 0 Å². The van der Waals surface area contributed by atoms with Crippen LogP contribution in [0.1, 0.15) is 53.3 Å². The Morgan fingerprint density at radius 3 is 2.56 bits per heavy atom. The third kappa shape index (κ3) is 2.82. The summed E-state index contributed by atoms with van der Waals surface area (Å²) in [7, 11) is 2.33. The van der Waals surface area contributed by atoms with Gasteiger partial charge in [-0.15, -0.1) is 0 Å². The molecule has 2 atom stereocenters. The van der Waals surface area contributed by atoms with E-state index in [0.29, 0.717) is 6.04 Å². The fourth-order valence-electron chi connectivity index (χ4n) is 5.42. The number of fused-ring (bicyclic) bond motifs is 6. The van der Waals surface area contributed by atoms with Crippen molar-refractivity contribution in [1.82, 2.24) is 9.47 Å². The van der Waals surface area contributed by atoms with Crippen molar-refractivity contribution in [2.75, 3.05) is 7.05 Å². The highest BCUT2D eigenvalue weighted by Crippen LogP contribution is 2.47. The first-order valence-corrected chi connectivity index (χ1v) is 10.5. The third-order valence-electron chi connectivity index (χ3n) is 6.94. The van der Waals surface area contributed by atoms with E-state index in [2.05, 4.69) is 72.8 Å². The predicted molar refractivity (Wildman–Crippen MR) is 113 cm³/mol. The molecule has 5 rings (SSSR count). The van der Waals surface area contributed by atoms with E-state index in [1.807, 2.05) is 0 Å². The largest absolute Gasteiger partial charge is 0.344 e. The molecule has 1 aromatic heterocycles. The Hall–Kier alpha value is -2.06. The Morgan fingerprint density at radius 1 is 0.963 bits per heavy atom. The van der Waals surface area contributed by atoms with Crippen LogP contribution in [0.2, 0.25) is 0 Å². The van der Waals surface area contributed by atoms with Gasteiger partial charge in [0, 0.05) is 41.6 Å². The second-order valence-corrected chi connectivity index (χ2v) is 8.74. The zero-order chi connectivity index (χ0) is 18.5. The van der Waals surface area contributed by atoms with E-state index in [1.54, 1.807) is 11.3 Å². The molecule has 0 saturated carbocycles. The molecule has 1 fully saturated rings. The molecule has 27 heavy (non-hydrogen) atoms. The summed E-state index contributed by atoms with van der Waals surface area (Å²) in [4.78, 5) is 2.64. The highest BCUT2D eigenvalue weighted by Gasteiger charge is 2.40. The highest BCUT2D eigenvalue weighted by atomic mass is 15.2. The first-order valence-electron chi connectivity index (χ1n) is 10.5. The first kappa shape index (κ1) is 17.1. The van der Waals surface area contributed by atoms with Gasteiger partial charge >= 0.3 is 0 Å². The topological polar surface area (TPSA) is 8.17 Å². The van der Waals surface area contributed by atoms with E-state index in [1.165, 1.54) is 53.3 Å². The molecule has 2 aliphatic heterocycles. The van der Waals surface area contributed by atoms with Gasteiger partial charge in [-0.3, -0.25) is 4.90 Å². The Balaban J connectivity index is 1.49. The Labute approximate surface area is 162 Å². The van der Waals surface area contributed by atoms with Crippen molar-refractivity contribution in [3.05, 3.63) is 70.4 Å². The van der Waals surface area contributed by atoms with Gasteiger partial charge in [-0.2, -0.15) is 0 Å². The SMILES string of the molecule is Cc1ccc(CCCn2c3c(c4cc(C)ccc42)C2CCC(C3)N2C)cc1. The maximum atomic E-state index is 2.66. The van der Waals surface area contributed by atoms with Crippen LogP contribution in [0.5, 0.6) is 0 Å². The molecule has 2 heteroatoms. The van der Waals surface area contributed by atoms with E-state index in [0.717, 1.165) is 19.0 Å². The van der Waals surface area contributed by atoms with Crippen LogP contribution in [0, 0.1) is 13.8 Å². The van der Waals surface area contributed by atoms with E-state index in [-0.39, 0.29) is 0 Å². The number of rotatable bonds is 4. The van der Waals surface area contributed by atoms with Gasteiger partial charge in [0.05, 0.1) is 0 Å². The third-order valence-corrected chi connectivity index (χ3v) is 6.94. The molecule has 2 nitrogen and oxygen atoms in total. The van der Waals surface area contributed by atoms with Crippen molar-refractivity contribution in [2.45, 2.75) is 64.6 Å². The van der Waals surface area contributed by atoms with Crippen LogP contribution in [-0.4, -0.2) is 22.6 Å². The zero-order valence-corrected chi connectivity index (χ0v) is 16.8. The Bertz CT molecular complexity index is 980. The Morgan fingerprint density at radius 2 is 1.74 bits per heavy atom. The minimum Gasteiger partial charge on any atom is -0.344 e. The second kappa shape index (κ2) is 6.53. The molecule has 0 radical (unpaired) electrons. The summed E-state index contributed by atoms with van der Waals surface area (Å²) < 4.78 is 2.66. The van der Waals surface area contributed by atoms with Crippen molar-refractivity contribution in [3.63, 3.8) is 0 Å². The van der Waals surface area contributed by atoms with Crippen LogP contribution >= 0.6 is 0 Å². The molecule has 0 N–H and O–H groups in total. The summed E-state index contributed by atoms with van der Waals surface area (Å²) in [5, 5.41) is 1.51. The first-order chi connectivity index (χ1) is 13.1. The molecule has 2 aliphatic rings. The summed E-state index contributed by atoms with van der Waals surface area (Å²) in [6.07, 6.45) is 6.27. The minimum atomic E-state index is 0.626. The smallest absolute Gasteiger partial charge is 0.0486 e. The van der Waals surface area contributed by atoms with Gasteiger partial charge in [0.2, 0.25) is 0 Å². The minimum absolute atomic E-state index is 0.626. The maximum absolute atomic E-state index is 2.66. The summed E-state index contributed by atoms with van der Waals surface area (Å²) >= 11 is 0. The lowest BCUT2D eigenvalue weighted by Crippen LogP contribution is -2.34. The van der Waals surface area contributed by atoms with Gasteiger partial charge in [0.25, 0.3) is 0 Å². The van der Waals surface area contributed by atoms with Gasteiger partial charge in [0.1, 0.15) is 0 Å². The number of benzene rings is 2. The quantitative estimate of drug-likeness (QED) is 0.591. The molecule has 3 heterocycles. The molecule has 0 spiro atoms. The average molecular weight is 359 g/mol. The molecule has 2 bridgehead atoms. The number of aryl methyl sites for hydroxylation is 4. The van der Waals surface area contributed by atoms with Crippen LogP contribution in [-0.2, 0) is 19.4 Å². The summed E-state index contributed by atoms with van der Waals surface area (Å²) in [6.45, 7) is 5.52. The lowest BCUT2D eigenvalue weighted by Gasteiger charge is -2.32. The normalized spacial score (nSPS) is 21.7. The van der Waals surface area contributed by atoms with Crippen LogP contribution in [0.4, 0.5) is 0 Å². The summed E-state index contributed by atoms with van der Waals surface area (Å²) in [6, 6.07) is 17.5.